The average Bonchev–Trinajstić information content (AvgIpc) is 3.14. The molecule has 5 heteroatoms. The van der Waals surface area contributed by atoms with E-state index in [1.165, 1.54) is 0 Å². The van der Waals surface area contributed by atoms with Crippen LogP contribution in [-0.4, -0.2) is 48.5 Å². The summed E-state index contributed by atoms with van der Waals surface area (Å²) in [5.74, 6) is 0.0341. The minimum atomic E-state index is -0.349. The highest BCUT2D eigenvalue weighted by Gasteiger charge is 2.35. The van der Waals surface area contributed by atoms with Crippen molar-refractivity contribution in [2.45, 2.75) is 50.2 Å². The van der Waals surface area contributed by atoms with Gasteiger partial charge in [-0.3, -0.25) is 10.1 Å². The summed E-state index contributed by atoms with van der Waals surface area (Å²) in [6.45, 7) is 3.19. The predicted molar refractivity (Wildman–Crippen MR) is 63.6 cm³/mol. The van der Waals surface area contributed by atoms with Gasteiger partial charge in [0.15, 0.2) is 0 Å². The van der Waals surface area contributed by atoms with Crippen LogP contribution in [0.25, 0.3) is 0 Å². The summed E-state index contributed by atoms with van der Waals surface area (Å²) >= 11 is 0. The molecule has 2 rings (SSSR count). The van der Waals surface area contributed by atoms with Gasteiger partial charge in [0.2, 0.25) is 5.91 Å². The monoisotopic (exact) mass is 242 g/mol. The Labute approximate surface area is 102 Å². The highest BCUT2D eigenvalue weighted by atomic mass is 16.5. The molecular weight excluding hydrogens is 220 g/mol. The Morgan fingerprint density at radius 2 is 2.12 bits per heavy atom. The molecule has 0 aromatic rings. The Hall–Kier alpha value is -0.650. The lowest BCUT2D eigenvalue weighted by molar-refractivity contribution is -0.124. The maximum absolute atomic E-state index is 11.8. The fourth-order valence-corrected chi connectivity index (χ4v) is 2.19. The van der Waals surface area contributed by atoms with Crippen LogP contribution in [0, 0.1) is 0 Å². The van der Waals surface area contributed by atoms with Crippen molar-refractivity contribution in [3.05, 3.63) is 0 Å². The van der Waals surface area contributed by atoms with Crippen LogP contribution in [0.2, 0.25) is 0 Å². The van der Waals surface area contributed by atoms with Crippen LogP contribution in [0.1, 0.15) is 32.6 Å². The number of rotatable bonds is 5. The molecule has 1 saturated heterocycles. The van der Waals surface area contributed by atoms with E-state index in [0.29, 0.717) is 19.3 Å². The fourth-order valence-electron chi connectivity index (χ4n) is 2.19. The minimum Gasteiger partial charge on any atom is -0.394 e. The molecule has 2 fully saturated rings. The first-order valence-electron chi connectivity index (χ1n) is 6.42. The standard InChI is InChI=1S/C12H22N2O3/c1-9(11(16)13-10-2-3-10)14-12(8-15)4-6-17-7-5-12/h9-10,14-15H,2-8H2,1H3,(H,13,16). The van der Waals surface area contributed by atoms with Gasteiger partial charge >= 0.3 is 0 Å². The number of aliphatic hydroxyl groups is 1. The number of amides is 1. The third-order valence-electron chi connectivity index (χ3n) is 3.59. The molecule has 17 heavy (non-hydrogen) atoms. The lowest BCUT2D eigenvalue weighted by atomic mass is 9.90. The van der Waals surface area contributed by atoms with Crippen molar-refractivity contribution in [2.24, 2.45) is 0 Å². The summed E-state index contributed by atoms with van der Waals surface area (Å²) in [4.78, 5) is 11.8. The summed E-state index contributed by atoms with van der Waals surface area (Å²) in [6.07, 6.45) is 3.70. The van der Waals surface area contributed by atoms with Gasteiger partial charge in [0.25, 0.3) is 0 Å². The summed E-state index contributed by atoms with van der Waals surface area (Å²) in [5.41, 5.74) is -0.349. The van der Waals surface area contributed by atoms with Gasteiger partial charge in [-0.1, -0.05) is 0 Å². The highest BCUT2D eigenvalue weighted by Crippen LogP contribution is 2.22. The molecular formula is C12H22N2O3. The fraction of sp³-hybridized carbons (Fsp3) is 0.917. The summed E-state index contributed by atoms with van der Waals surface area (Å²) < 4.78 is 5.29. The Bertz CT molecular complexity index is 273. The Kier molecular flexibility index (Phi) is 4.01. The second-order valence-electron chi connectivity index (χ2n) is 5.20. The van der Waals surface area contributed by atoms with E-state index in [0.717, 1.165) is 25.7 Å². The largest absolute Gasteiger partial charge is 0.394 e. The molecule has 98 valence electrons. The molecule has 1 unspecified atom stereocenters. The van der Waals surface area contributed by atoms with Crippen molar-refractivity contribution in [3.8, 4) is 0 Å². The van der Waals surface area contributed by atoms with Crippen molar-refractivity contribution >= 4 is 5.91 Å². The third kappa shape index (κ3) is 3.40. The molecule has 1 heterocycles. The summed E-state index contributed by atoms with van der Waals surface area (Å²) in [5, 5.41) is 15.8. The third-order valence-corrected chi connectivity index (χ3v) is 3.59. The topological polar surface area (TPSA) is 70.6 Å². The van der Waals surface area contributed by atoms with E-state index < -0.39 is 0 Å². The lowest BCUT2D eigenvalue weighted by Crippen LogP contribution is -2.58. The normalized spacial score (nSPS) is 25.3. The van der Waals surface area contributed by atoms with Gasteiger partial charge in [-0.05, 0) is 32.6 Å². The van der Waals surface area contributed by atoms with E-state index >= 15 is 0 Å². The van der Waals surface area contributed by atoms with Gasteiger partial charge in [0, 0.05) is 24.8 Å². The number of hydrogen-bond donors (Lipinski definition) is 3. The van der Waals surface area contributed by atoms with Crippen LogP contribution in [-0.2, 0) is 9.53 Å². The maximum atomic E-state index is 11.8. The highest BCUT2D eigenvalue weighted by molar-refractivity contribution is 5.81. The van der Waals surface area contributed by atoms with Crippen LogP contribution in [0.15, 0.2) is 0 Å². The molecule has 1 aliphatic heterocycles. The molecule has 1 saturated carbocycles. The van der Waals surface area contributed by atoms with Gasteiger partial charge < -0.3 is 15.2 Å². The van der Waals surface area contributed by atoms with Gasteiger partial charge in [-0.15, -0.1) is 0 Å². The molecule has 0 aromatic heterocycles. The second kappa shape index (κ2) is 5.33. The predicted octanol–water partition coefficient (Wildman–Crippen LogP) is -0.215. The van der Waals surface area contributed by atoms with E-state index in [1.54, 1.807) is 0 Å². The van der Waals surface area contributed by atoms with Gasteiger partial charge in [-0.2, -0.15) is 0 Å². The first-order valence-corrected chi connectivity index (χ1v) is 6.42. The van der Waals surface area contributed by atoms with E-state index in [4.69, 9.17) is 4.74 Å². The van der Waals surface area contributed by atoms with Crippen LogP contribution in [0.4, 0.5) is 0 Å². The van der Waals surface area contributed by atoms with Crippen molar-refractivity contribution < 1.29 is 14.6 Å². The summed E-state index contributed by atoms with van der Waals surface area (Å²) in [6, 6.07) is 0.118. The van der Waals surface area contributed by atoms with E-state index in [9.17, 15) is 9.90 Å². The maximum Gasteiger partial charge on any atom is 0.237 e. The minimum absolute atomic E-state index is 0.0341. The SMILES string of the molecule is CC(NC1(CO)CCOCC1)C(=O)NC1CC1. The van der Waals surface area contributed by atoms with Gasteiger partial charge in [-0.25, -0.2) is 0 Å². The zero-order chi connectivity index (χ0) is 12.3. The molecule has 3 N–H and O–H groups in total. The van der Waals surface area contributed by atoms with Gasteiger partial charge in [0.1, 0.15) is 0 Å². The van der Waals surface area contributed by atoms with Crippen molar-refractivity contribution in [1.29, 1.82) is 0 Å². The molecule has 1 atom stereocenters. The lowest BCUT2D eigenvalue weighted by Gasteiger charge is -2.38. The number of hydrogen-bond acceptors (Lipinski definition) is 4. The molecule has 1 amide bonds. The van der Waals surface area contributed by atoms with Gasteiger partial charge in [0.05, 0.1) is 12.6 Å². The molecule has 5 nitrogen and oxygen atoms in total. The number of carbonyl (C=O) groups is 1. The second-order valence-corrected chi connectivity index (χ2v) is 5.20. The van der Waals surface area contributed by atoms with Crippen LogP contribution < -0.4 is 10.6 Å². The Balaban J connectivity index is 1.85. The zero-order valence-corrected chi connectivity index (χ0v) is 10.4. The van der Waals surface area contributed by atoms with Crippen molar-refractivity contribution in [2.75, 3.05) is 19.8 Å². The first kappa shape index (κ1) is 12.8. The van der Waals surface area contributed by atoms with Crippen LogP contribution >= 0.6 is 0 Å². The van der Waals surface area contributed by atoms with E-state index in [2.05, 4.69) is 10.6 Å². The number of aliphatic hydroxyl groups excluding tert-OH is 1. The quantitative estimate of drug-likeness (QED) is 0.623. The molecule has 0 spiro atoms. The number of nitrogens with one attached hydrogen (secondary N) is 2. The zero-order valence-electron chi connectivity index (χ0n) is 10.4. The van der Waals surface area contributed by atoms with E-state index in [-0.39, 0.29) is 24.1 Å². The Morgan fingerprint density at radius 3 is 2.65 bits per heavy atom. The average molecular weight is 242 g/mol. The molecule has 0 radical (unpaired) electrons. The smallest absolute Gasteiger partial charge is 0.237 e. The van der Waals surface area contributed by atoms with Crippen molar-refractivity contribution in [3.63, 3.8) is 0 Å². The van der Waals surface area contributed by atoms with Crippen LogP contribution in [0.3, 0.4) is 0 Å². The Morgan fingerprint density at radius 1 is 1.47 bits per heavy atom. The van der Waals surface area contributed by atoms with Crippen molar-refractivity contribution in [1.82, 2.24) is 10.6 Å². The first-order chi connectivity index (χ1) is 8.15. The number of carbonyl (C=O) groups excluding carboxylic acids is 1. The number of ether oxygens (including phenoxy) is 1. The molecule has 0 bridgehead atoms. The molecule has 0 aromatic carbocycles. The molecule has 2 aliphatic rings. The molecule has 1 aliphatic carbocycles. The van der Waals surface area contributed by atoms with E-state index in [1.807, 2.05) is 6.92 Å². The van der Waals surface area contributed by atoms with Crippen LogP contribution in [0.5, 0.6) is 0 Å². The summed E-state index contributed by atoms with van der Waals surface area (Å²) in [7, 11) is 0.